The van der Waals surface area contributed by atoms with Crippen molar-refractivity contribution in [1.29, 1.82) is 0 Å². The quantitative estimate of drug-likeness (QED) is 0.542. The van der Waals surface area contributed by atoms with Gasteiger partial charge >= 0.3 is 0 Å². The van der Waals surface area contributed by atoms with Gasteiger partial charge in [-0.15, -0.1) is 0 Å². The van der Waals surface area contributed by atoms with Crippen molar-refractivity contribution in [2.75, 3.05) is 32.9 Å². The van der Waals surface area contributed by atoms with E-state index in [0.717, 1.165) is 56.4 Å². The molecular formula is C18H33N7O2S. The molecule has 1 aromatic rings. The topological polar surface area (TPSA) is 105 Å². The lowest BCUT2D eigenvalue weighted by Gasteiger charge is -2.31. The largest absolute Gasteiger partial charge is 0.356 e. The fourth-order valence-electron chi connectivity index (χ4n) is 3.76. The van der Waals surface area contributed by atoms with Crippen molar-refractivity contribution in [3.8, 4) is 0 Å². The minimum atomic E-state index is -3.07. The first-order valence-electron chi connectivity index (χ1n) is 10.1. The molecule has 1 saturated heterocycles. The van der Waals surface area contributed by atoms with Crippen LogP contribution in [0.1, 0.15) is 50.7 Å². The molecule has 0 spiro atoms. The van der Waals surface area contributed by atoms with E-state index in [4.69, 9.17) is 0 Å². The van der Waals surface area contributed by atoms with Crippen molar-refractivity contribution in [2.45, 2.75) is 58.0 Å². The van der Waals surface area contributed by atoms with Gasteiger partial charge in [-0.05, 0) is 25.2 Å². The van der Waals surface area contributed by atoms with Gasteiger partial charge < -0.3 is 10.6 Å². The second-order valence-electron chi connectivity index (χ2n) is 8.16. The molecule has 1 aromatic heterocycles. The molecule has 0 amide bonds. The summed E-state index contributed by atoms with van der Waals surface area (Å²) in [5, 5.41) is 11.5. The van der Waals surface area contributed by atoms with Crippen LogP contribution >= 0.6 is 0 Å². The summed E-state index contributed by atoms with van der Waals surface area (Å²) in [6.07, 6.45) is 4.95. The highest BCUT2D eigenvalue weighted by molar-refractivity contribution is 7.88. The summed E-state index contributed by atoms with van der Waals surface area (Å²) in [7, 11) is -1.29. The van der Waals surface area contributed by atoms with Crippen molar-refractivity contribution < 1.29 is 8.42 Å². The molecule has 9 nitrogen and oxygen atoms in total. The van der Waals surface area contributed by atoms with Crippen molar-refractivity contribution in [3.63, 3.8) is 0 Å². The van der Waals surface area contributed by atoms with E-state index in [2.05, 4.69) is 39.6 Å². The Morgan fingerprint density at radius 1 is 1.29 bits per heavy atom. The third-order valence-electron chi connectivity index (χ3n) is 5.56. The van der Waals surface area contributed by atoms with E-state index in [-0.39, 0.29) is 6.04 Å². The van der Waals surface area contributed by atoms with Crippen LogP contribution in [-0.2, 0) is 23.0 Å². The molecule has 0 aromatic carbocycles. The molecule has 2 N–H and O–H groups in total. The molecule has 1 atom stereocenters. The molecule has 1 unspecified atom stereocenters. The summed E-state index contributed by atoms with van der Waals surface area (Å²) >= 11 is 0. The van der Waals surface area contributed by atoms with Gasteiger partial charge in [-0.25, -0.2) is 22.4 Å². The average Bonchev–Trinajstić information content (AvgIpc) is 3.08. The summed E-state index contributed by atoms with van der Waals surface area (Å²) in [5.74, 6) is 3.58. The molecule has 3 heterocycles. The molecule has 158 valence electrons. The summed E-state index contributed by atoms with van der Waals surface area (Å²) in [5.41, 5.74) is 0. The lowest BCUT2D eigenvalue weighted by molar-refractivity contribution is 0.274. The standard InChI is InChI=1S/C18H33N7O2S/c1-13(2)17-22-16-6-5-15(12-25(16)23-17)21-18(19-3)20-11-14-7-9-24(10-8-14)28(4,26)27/h13-15H,5-12H2,1-4H3,(H2,19,20,21). The van der Waals surface area contributed by atoms with E-state index >= 15 is 0 Å². The van der Waals surface area contributed by atoms with Crippen LogP contribution in [-0.4, -0.2) is 72.4 Å². The van der Waals surface area contributed by atoms with E-state index in [9.17, 15) is 8.42 Å². The number of hydrogen-bond donors (Lipinski definition) is 2. The Morgan fingerprint density at radius 2 is 2.00 bits per heavy atom. The zero-order chi connectivity index (χ0) is 20.3. The van der Waals surface area contributed by atoms with Crippen molar-refractivity contribution in [1.82, 2.24) is 29.7 Å². The number of guanidine groups is 1. The SMILES string of the molecule is CN=C(NCC1CCN(S(C)(=O)=O)CC1)NC1CCc2nc(C(C)C)nn2C1. The second-order valence-corrected chi connectivity index (χ2v) is 10.1. The van der Waals surface area contributed by atoms with Gasteiger partial charge in [0.2, 0.25) is 10.0 Å². The first-order chi connectivity index (χ1) is 13.3. The molecular weight excluding hydrogens is 378 g/mol. The predicted octanol–water partition coefficient (Wildman–Crippen LogP) is 0.553. The van der Waals surface area contributed by atoms with E-state index in [1.165, 1.54) is 6.26 Å². The number of aliphatic imine (C=N–C) groups is 1. The fraction of sp³-hybridized carbons (Fsp3) is 0.833. The van der Waals surface area contributed by atoms with Gasteiger partial charge in [-0.1, -0.05) is 13.8 Å². The summed E-state index contributed by atoms with van der Waals surface area (Å²) in [6.45, 7) is 7.03. The van der Waals surface area contributed by atoms with Crippen LogP contribution in [0.5, 0.6) is 0 Å². The second kappa shape index (κ2) is 8.77. The monoisotopic (exact) mass is 411 g/mol. The Labute approximate surface area is 168 Å². The minimum Gasteiger partial charge on any atom is -0.356 e. The van der Waals surface area contributed by atoms with Crippen LogP contribution in [0.25, 0.3) is 0 Å². The lowest BCUT2D eigenvalue weighted by atomic mass is 9.98. The van der Waals surface area contributed by atoms with Gasteiger partial charge in [0.05, 0.1) is 12.8 Å². The Morgan fingerprint density at radius 3 is 2.61 bits per heavy atom. The smallest absolute Gasteiger partial charge is 0.211 e. The van der Waals surface area contributed by atoms with Gasteiger partial charge in [0.15, 0.2) is 11.8 Å². The van der Waals surface area contributed by atoms with Gasteiger partial charge in [-0.3, -0.25) is 4.99 Å². The third kappa shape index (κ3) is 5.22. The molecule has 3 rings (SSSR count). The highest BCUT2D eigenvalue weighted by Gasteiger charge is 2.26. The number of piperidine rings is 1. The first kappa shape index (κ1) is 21.0. The van der Waals surface area contributed by atoms with E-state index in [0.29, 0.717) is 24.9 Å². The van der Waals surface area contributed by atoms with Crippen LogP contribution in [0, 0.1) is 5.92 Å². The van der Waals surface area contributed by atoms with Gasteiger partial charge in [0.1, 0.15) is 5.82 Å². The number of aromatic nitrogens is 3. The summed E-state index contributed by atoms with van der Waals surface area (Å²) < 4.78 is 26.8. The Kier molecular flexibility index (Phi) is 6.59. The highest BCUT2D eigenvalue weighted by Crippen LogP contribution is 2.19. The zero-order valence-corrected chi connectivity index (χ0v) is 18.2. The molecule has 0 bridgehead atoms. The number of aryl methyl sites for hydroxylation is 1. The highest BCUT2D eigenvalue weighted by atomic mass is 32.2. The van der Waals surface area contributed by atoms with Gasteiger partial charge in [-0.2, -0.15) is 5.10 Å². The maximum atomic E-state index is 11.6. The maximum absolute atomic E-state index is 11.6. The molecule has 1 fully saturated rings. The normalized spacial score (nSPS) is 22.3. The van der Waals surface area contributed by atoms with Crippen molar-refractivity contribution in [2.24, 2.45) is 10.9 Å². The Balaban J connectivity index is 1.46. The Bertz CT molecular complexity index is 795. The van der Waals surface area contributed by atoms with Crippen molar-refractivity contribution in [3.05, 3.63) is 11.6 Å². The number of sulfonamides is 1. The lowest BCUT2D eigenvalue weighted by Crippen LogP contribution is -2.49. The number of nitrogens with one attached hydrogen (secondary N) is 2. The molecule has 0 radical (unpaired) electrons. The fourth-order valence-corrected chi connectivity index (χ4v) is 4.64. The van der Waals surface area contributed by atoms with Gasteiger partial charge in [0, 0.05) is 45.1 Å². The third-order valence-corrected chi connectivity index (χ3v) is 6.86. The van der Waals surface area contributed by atoms with Crippen molar-refractivity contribution >= 4 is 16.0 Å². The Hall–Kier alpha value is -1.68. The van der Waals surface area contributed by atoms with E-state index in [1.807, 2.05) is 4.68 Å². The maximum Gasteiger partial charge on any atom is 0.211 e. The van der Waals surface area contributed by atoms with E-state index in [1.54, 1.807) is 11.4 Å². The summed E-state index contributed by atoms with van der Waals surface area (Å²) in [4.78, 5) is 8.99. The molecule has 0 saturated carbocycles. The van der Waals surface area contributed by atoms with E-state index < -0.39 is 10.0 Å². The van der Waals surface area contributed by atoms with Gasteiger partial charge in [0.25, 0.3) is 0 Å². The van der Waals surface area contributed by atoms with Crippen LogP contribution in [0.15, 0.2) is 4.99 Å². The molecule has 0 aliphatic carbocycles. The number of rotatable bonds is 5. The first-order valence-corrected chi connectivity index (χ1v) is 12.0. The minimum absolute atomic E-state index is 0.271. The zero-order valence-electron chi connectivity index (χ0n) is 17.3. The predicted molar refractivity (Wildman–Crippen MR) is 110 cm³/mol. The van der Waals surface area contributed by atoms with Crippen LogP contribution < -0.4 is 10.6 Å². The molecule has 2 aliphatic heterocycles. The average molecular weight is 412 g/mol. The van der Waals surface area contributed by atoms with Crippen LogP contribution in [0.3, 0.4) is 0 Å². The molecule has 10 heteroatoms. The molecule has 28 heavy (non-hydrogen) atoms. The number of hydrogen-bond acceptors (Lipinski definition) is 5. The van der Waals surface area contributed by atoms with Crippen LogP contribution in [0.4, 0.5) is 0 Å². The number of fused-ring (bicyclic) bond motifs is 1. The molecule has 2 aliphatic rings. The number of nitrogens with zero attached hydrogens (tertiary/aromatic N) is 5. The summed E-state index contributed by atoms with van der Waals surface area (Å²) in [6, 6.07) is 0.271. The van der Waals surface area contributed by atoms with Crippen LogP contribution in [0.2, 0.25) is 0 Å².